The maximum absolute atomic E-state index is 14.0. The quantitative estimate of drug-likeness (QED) is 0.818. The predicted octanol–water partition coefficient (Wildman–Crippen LogP) is 1.26. The Morgan fingerprint density at radius 3 is 2.61 bits per heavy atom. The summed E-state index contributed by atoms with van der Waals surface area (Å²) >= 11 is 0. The molecule has 0 spiro atoms. The molecule has 0 aliphatic carbocycles. The van der Waals surface area contributed by atoms with Gasteiger partial charge in [-0.1, -0.05) is 0 Å². The van der Waals surface area contributed by atoms with Crippen LogP contribution in [0.2, 0.25) is 0 Å². The van der Waals surface area contributed by atoms with Crippen LogP contribution < -0.4 is 10.6 Å². The van der Waals surface area contributed by atoms with Crippen molar-refractivity contribution in [2.24, 2.45) is 0 Å². The minimum absolute atomic E-state index is 0.157. The molecule has 2 N–H and O–H groups in total. The third-order valence-electron chi connectivity index (χ3n) is 3.49. The zero-order valence-electron chi connectivity index (χ0n) is 12.9. The van der Waals surface area contributed by atoms with Crippen LogP contribution in [0.1, 0.15) is 26.3 Å². The summed E-state index contributed by atoms with van der Waals surface area (Å²) in [5, 5.41) is 4.88. The van der Waals surface area contributed by atoms with Gasteiger partial charge in [0.1, 0.15) is 23.7 Å². The van der Waals surface area contributed by atoms with Crippen LogP contribution in [0.25, 0.3) is 0 Å². The van der Waals surface area contributed by atoms with Crippen molar-refractivity contribution >= 4 is 17.8 Å². The highest BCUT2D eigenvalue weighted by molar-refractivity contribution is 6.09. The van der Waals surface area contributed by atoms with E-state index in [4.69, 9.17) is 0 Å². The first-order valence-corrected chi connectivity index (χ1v) is 7.04. The Morgan fingerprint density at radius 1 is 1.35 bits per heavy atom. The molecule has 1 saturated heterocycles. The zero-order chi connectivity index (χ0) is 17.4. The third kappa shape index (κ3) is 3.15. The molecule has 1 aromatic rings. The van der Waals surface area contributed by atoms with Crippen LogP contribution in [-0.2, 0) is 15.1 Å². The average molecular weight is 325 g/mol. The predicted molar refractivity (Wildman–Crippen MR) is 77.2 cm³/mol. The fraction of sp³-hybridized carbons (Fsp3) is 0.400. The summed E-state index contributed by atoms with van der Waals surface area (Å²) in [7, 11) is 0. The van der Waals surface area contributed by atoms with Crippen molar-refractivity contribution in [2.45, 2.75) is 32.4 Å². The second kappa shape index (κ2) is 5.94. The standard InChI is InChI=1S/C15H17F2N3O3/c1-8(2)18-12(21)7-20-13(22)15(3,19-14(20)23)10-6-9(16)4-5-11(10)17/h4-6,8H,7H2,1-3H3,(H,18,21)(H,19,23)/t15-/m1/s1. The number of urea groups is 1. The summed E-state index contributed by atoms with van der Waals surface area (Å²) in [5.41, 5.74) is -2.05. The molecule has 23 heavy (non-hydrogen) atoms. The van der Waals surface area contributed by atoms with Crippen LogP contribution in [0.4, 0.5) is 13.6 Å². The van der Waals surface area contributed by atoms with E-state index in [0.717, 1.165) is 18.2 Å². The molecule has 4 amide bonds. The van der Waals surface area contributed by atoms with Gasteiger partial charge in [0, 0.05) is 11.6 Å². The number of nitrogens with zero attached hydrogens (tertiary/aromatic N) is 1. The molecular weight excluding hydrogens is 308 g/mol. The van der Waals surface area contributed by atoms with Gasteiger partial charge in [0.25, 0.3) is 5.91 Å². The molecular formula is C15H17F2N3O3. The van der Waals surface area contributed by atoms with Gasteiger partial charge in [-0.3, -0.25) is 14.5 Å². The maximum Gasteiger partial charge on any atom is 0.325 e. The molecule has 1 aliphatic rings. The van der Waals surface area contributed by atoms with E-state index in [2.05, 4.69) is 10.6 Å². The minimum atomic E-state index is -1.76. The van der Waals surface area contributed by atoms with Crippen LogP contribution in [-0.4, -0.2) is 35.3 Å². The number of amides is 4. The topological polar surface area (TPSA) is 78.5 Å². The van der Waals surface area contributed by atoms with Gasteiger partial charge in [0.2, 0.25) is 5.91 Å². The normalized spacial score (nSPS) is 20.9. The van der Waals surface area contributed by atoms with Crippen molar-refractivity contribution in [2.75, 3.05) is 6.54 Å². The number of nitrogens with one attached hydrogen (secondary N) is 2. The third-order valence-corrected chi connectivity index (χ3v) is 3.49. The molecule has 0 unspecified atom stereocenters. The van der Waals surface area contributed by atoms with Crippen molar-refractivity contribution in [1.29, 1.82) is 0 Å². The first-order chi connectivity index (χ1) is 10.6. The number of hydrogen-bond donors (Lipinski definition) is 2. The van der Waals surface area contributed by atoms with Gasteiger partial charge >= 0.3 is 6.03 Å². The van der Waals surface area contributed by atoms with E-state index in [1.54, 1.807) is 13.8 Å². The van der Waals surface area contributed by atoms with E-state index in [0.29, 0.717) is 4.90 Å². The Labute approximate surface area is 131 Å². The molecule has 0 saturated carbocycles. The molecule has 6 nitrogen and oxygen atoms in total. The van der Waals surface area contributed by atoms with E-state index in [1.165, 1.54) is 6.92 Å². The number of carbonyl (C=O) groups is 3. The molecule has 0 aromatic heterocycles. The monoisotopic (exact) mass is 325 g/mol. The number of hydrogen-bond acceptors (Lipinski definition) is 3. The van der Waals surface area contributed by atoms with Gasteiger partial charge in [-0.15, -0.1) is 0 Å². The van der Waals surface area contributed by atoms with E-state index < -0.39 is 41.6 Å². The van der Waals surface area contributed by atoms with Gasteiger partial charge in [-0.05, 0) is 39.0 Å². The molecule has 1 atom stereocenters. The molecule has 0 radical (unpaired) electrons. The van der Waals surface area contributed by atoms with Gasteiger partial charge in [-0.2, -0.15) is 0 Å². The lowest BCUT2D eigenvalue weighted by molar-refractivity contribution is -0.135. The summed E-state index contributed by atoms with van der Waals surface area (Å²) in [6, 6.07) is 1.65. The van der Waals surface area contributed by atoms with Crippen molar-refractivity contribution in [3.8, 4) is 0 Å². The summed E-state index contributed by atoms with van der Waals surface area (Å²) in [5.74, 6) is -2.89. The van der Waals surface area contributed by atoms with Crippen molar-refractivity contribution < 1.29 is 23.2 Å². The highest BCUT2D eigenvalue weighted by atomic mass is 19.1. The Hall–Kier alpha value is -2.51. The smallest absolute Gasteiger partial charge is 0.325 e. The number of halogens is 2. The van der Waals surface area contributed by atoms with Crippen LogP contribution in [0.5, 0.6) is 0 Å². The average Bonchev–Trinajstić information content (AvgIpc) is 2.65. The highest BCUT2D eigenvalue weighted by Crippen LogP contribution is 2.31. The van der Waals surface area contributed by atoms with Gasteiger partial charge in [0.15, 0.2) is 0 Å². The second-order valence-corrected chi connectivity index (χ2v) is 5.79. The summed E-state index contributed by atoms with van der Waals surface area (Å²) in [4.78, 5) is 36.9. The van der Waals surface area contributed by atoms with Crippen molar-refractivity contribution in [3.05, 3.63) is 35.4 Å². The first-order valence-electron chi connectivity index (χ1n) is 7.04. The minimum Gasteiger partial charge on any atom is -0.352 e. The largest absolute Gasteiger partial charge is 0.352 e. The second-order valence-electron chi connectivity index (χ2n) is 5.79. The molecule has 8 heteroatoms. The van der Waals surface area contributed by atoms with Crippen molar-refractivity contribution in [3.63, 3.8) is 0 Å². The zero-order valence-corrected chi connectivity index (χ0v) is 12.9. The molecule has 0 bridgehead atoms. The lowest BCUT2D eigenvalue weighted by Crippen LogP contribution is -2.44. The molecule has 1 heterocycles. The highest BCUT2D eigenvalue weighted by Gasteiger charge is 2.50. The Morgan fingerprint density at radius 2 is 2.00 bits per heavy atom. The van der Waals surface area contributed by atoms with E-state index in [9.17, 15) is 23.2 Å². The molecule has 1 aromatic carbocycles. The number of carbonyl (C=O) groups excluding carboxylic acids is 3. The number of rotatable bonds is 4. The molecule has 1 fully saturated rings. The van der Waals surface area contributed by atoms with Crippen molar-refractivity contribution in [1.82, 2.24) is 15.5 Å². The van der Waals surface area contributed by atoms with Crippen LogP contribution in [0, 0.1) is 11.6 Å². The van der Waals surface area contributed by atoms with E-state index in [1.807, 2.05) is 0 Å². The van der Waals surface area contributed by atoms with Crippen LogP contribution >= 0.6 is 0 Å². The Kier molecular flexibility index (Phi) is 4.35. The van der Waals surface area contributed by atoms with E-state index >= 15 is 0 Å². The molecule has 1 aliphatic heterocycles. The first kappa shape index (κ1) is 16.9. The summed E-state index contributed by atoms with van der Waals surface area (Å²) < 4.78 is 27.3. The molecule has 2 rings (SSSR count). The maximum atomic E-state index is 14.0. The molecule has 124 valence electrons. The Bertz CT molecular complexity index is 678. The fourth-order valence-corrected chi connectivity index (χ4v) is 2.41. The van der Waals surface area contributed by atoms with E-state index in [-0.39, 0.29) is 11.6 Å². The van der Waals surface area contributed by atoms with Gasteiger partial charge in [0.05, 0.1) is 0 Å². The Balaban J connectivity index is 2.29. The van der Waals surface area contributed by atoms with Crippen LogP contribution in [0.15, 0.2) is 18.2 Å². The van der Waals surface area contributed by atoms with Gasteiger partial charge in [-0.25, -0.2) is 13.6 Å². The fourth-order valence-electron chi connectivity index (χ4n) is 2.41. The lowest BCUT2D eigenvalue weighted by Gasteiger charge is -2.22. The summed E-state index contributed by atoms with van der Waals surface area (Å²) in [6.07, 6.45) is 0. The van der Waals surface area contributed by atoms with Crippen LogP contribution in [0.3, 0.4) is 0 Å². The lowest BCUT2D eigenvalue weighted by atomic mass is 9.91. The summed E-state index contributed by atoms with van der Waals surface area (Å²) in [6.45, 7) is 4.24. The SMILES string of the molecule is CC(C)NC(=O)CN1C(=O)N[C@](C)(c2cc(F)ccc2F)C1=O. The van der Waals surface area contributed by atoms with Gasteiger partial charge < -0.3 is 10.6 Å². The number of imide groups is 1. The number of benzene rings is 1.